The van der Waals surface area contributed by atoms with Gasteiger partial charge in [0.25, 0.3) is 5.56 Å². The Hall–Kier alpha value is -2.26. The summed E-state index contributed by atoms with van der Waals surface area (Å²) in [5.41, 5.74) is 0.372. The summed E-state index contributed by atoms with van der Waals surface area (Å²) in [6, 6.07) is 9.20. The van der Waals surface area contributed by atoms with Crippen LogP contribution in [0.25, 0.3) is 5.69 Å². The first-order valence-electron chi connectivity index (χ1n) is 5.41. The Labute approximate surface area is 114 Å². The Kier molecular flexibility index (Phi) is 3.88. The summed E-state index contributed by atoms with van der Waals surface area (Å²) in [7, 11) is 1.59. The molecule has 0 unspecified atom stereocenters. The maximum atomic E-state index is 11.5. The van der Waals surface area contributed by atoms with Gasteiger partial charge >= 0.3 is 0 Å². The van der Waals surface area contributed by atoms with E-state index in [-0.39, 0.29) is 5.56 Å². The van der Waals surface area contributed by atoms with Crippen LogP contribution in [0.5, 0.6) is 5.75 Å². The van der Waals surface area contributed by atoms with Gasteiger partial charge in [0.15, 0.2) is 0 Å². The largest absolute Gasteiger partial charge is 0.497 e. The van der Waals surface area contributed by atoms with E-state index in [0.717, 1.165) is 11.4 Å². The molecule has 96 valence electrons. The van der Waals surface area contributed by atoms with Gasteiger partial charge in [0, 0.05) is 5.69 Å². The first kappa shape index (κ1) is 13.2. The molecule has 19 heavy (non-hydrogen) atoms. The minimum atomic E-state index is -0.503. The second-order valence-electron chi connectivity index (χ2n) is 3.61. The van der Waals surface area contributed by atoms with Crippen LogP contribution in [-0.2, 0) is 0 Å². The summed E-state index contributed by atoms with van der Waals surface area (Å²) >= 11 is 1.33. The molecule has 0 aliphatic rings. The van der Waals surface area contributed by atoms with Gasteiger partial charge in [-0.05, 0) is 30.5 Å². The van der Waals surface area contributed by atoms with Crippen LogP contribution in [0.3, 0.4) is 0 Å². The lowest BCUT2D eigenvalue weighted by Gasteiger charge is -2.12. The summed E-state index contributed by atoms with van der Waals surface area (Å²) in [4.78, 5) is 15.3. The Balaban J connectivity index is 2.62. The van der Waals surface area contributed by atoms with Crippen molar-refractivity contribution in [1.82, 2.24) is 9.55 Å². The van der Waals surface area contributed by atoms with Crippen molar-refractivity contribution >= 4 is 11.8 Å². The van der Waals surface area contributed by atoms with Crippen LogP contribution in [0.1, 0.15) is 5.56 Å². The van der Waals surface area contributed by atoms with Gasteiger partial charge in [0.05, 0.1) is 7.11 Å². The van der Waals surface area contributed by atoms with E-state index in [2.05, 4.69) is 4.98 Å². The second-order valence-corrected chi connectivity index (χ2v) is 4.41. The molecule has 0 amide bonds. The van der Waals surface area contributed by atoms with E-state index in [0.29, 0.717) is 5.03 Å². The van der Waals surface area contributed by atoms with Crippen LogP contribution >= 0.6 is 11.8 Å². The molecule has 0 N–H and O–H groups in total. The fourth-order valence-corrected chi connectivity index (χ4v) is 2.35. The molecule has 0 spiro atoms. The average molecular weight is 273 g/mol. The molecule has 2 rings (SSSR count). The Morgan fingerprint density at radius 1 is 1.37 bits per heavy atom. The number of hydrogen-bond donors (Lipinski definition) is 0. The highest BCUT2D eigenvalue weighted by Gasteiger charge is 2.12. The smallest absolute Gasteiger partial charge is 0.291 e. The third-order valence-corrected chi connectivity index (χ3v) is 3.38. The highest BCUT2D eigenvalue weighted by molar-refractivity contribution is 7.98. The molecule has 0 fully saturated rings. The summed E-state index contributed by atoms with van der Waals surface area (Å²) in [6.07, 6.45) is 3.24. The number of nitrogens with zero attached hydrogens (tertiary/aromatic N) is 3. The van der Waals surface area contributed by atoms with Gasteiger partial charge in [-0.1, -0.05) is 0 Å². The van der Waals surface area contributed by atoms with Gasteiger partial charge in [0.1, 0.15) is 28.7 Å². The molecule has 2 aromatic rings. The molecule has 0 bridgehead atoms. The Morgan fingerprint density at radius 3 is 2.58 bits per heavy atom. The molecule has 1 heterocycles. The zero-order valence-electron chi connectivity index (χ0n) is 10.5. The number of methoxy groups -OCH3 is 1. The van der Waals surface area contributed by atoms with Crippen LogP contribution < -0.4 is 10.3 Å². The first-order valence-corrected chi connectivity index (χ1v) is 6.64. The van der Waals surface area contributed by atoms with Gasteiger partial charge in [-0.2, -0.15) is 10.2 Å². The monoisotopic (exact) mass is 273 g/mol. The van der Waals surface area contributed by atoms with Crippen molar-refractivity contribution in [2.45, 2.75) is 5.03 Å². The minimum absolute atomic E-state index is 0.0609. The summed E-state index contributed by atoms with van der Waals surface area (Å²) in [5, 5.41) is 9.62. The van der Waals surface area contributed by atoms with Gasteiger partial charge in [-0.25, -0.2) is 0 Å². The fourth-order valence-electron chi connectivity index (χ4n) is 1.66. The lowest BCUT2D eigenvalue weighted by Crippen LogP contribution is -2.16. The van der Waals surface area contributed by atoms with E-state index in [1.807, 2.05) is 36.6 Å². The van der Waals surface area contributed by atoms with Crippen molar-refractivity contribution in [3.63, 3.8) is 0 Å². The fraction of sp³-hybridized carbons (Fsp3) is 0.154. The molecule has 6 heteroatoms. The molecule has 5 nitrogen and oxygen atoms in total. The van der Waals surface area contributed by atoms with E-state index >= 15 is 0 Å². The predicted molar refractivity (Wildman–Crippen MR) is 72.9 cm³/mol. The molecule has 1 aromatic carbocycles. The van der Waals surface area contributed by atoms with Crippen molar-refractivity contribution in [2.24, 2.45) is 0 Å². The molecular formula is C13H11N3O2S. The lowest BCUT2D eigenvalue weighted by molar-refractivity contribution is 0.414. The molecular weight excluding hydrogens is 262 g/mol. The molecule has 0 aliphatic carbocycles. The summed E-state index contributed by atoms with van der Waals surface area (Å²) in [5.74, 6) is 0.740. The Bertz CT molecular complexity index is 687. The second kappa shape index (κ2) is 5.59. The predicted octanol–water partition coefficient (Wildman–Crippen LogP) is 1.83. The number of thioether (sulfide) groups is 1. The quantitative estimate of drug-likeness (QED) is 0.630. The molecule has 1 aromatic heterocycles. The van der Waals surface area contributed by atoms with E-state index in [9.17, 15) is 4.79 Å². The number of hydrogen-bond acceptors (Lipinski definition) is 5. The maximum Gasteiger partial charge on any atom is 0.291 e. The molecule has 0 aliphatic heterocycles. The number of aromatic nitrogens is 2. The van der Waals surface area contributed by atoms with Crippen molar-refractivity contribution in [3.8, 4) is 17.5 Å². The molecule has 0 atom stereocenters. The minimum Gasteiger partial charge on any atom is -0.497 e. The number of nitriles is 1. The van der Waals surface area contributed by atoms with E-state index in [4.69, 9.17) is 10.00 Å². The number of rotatable bonds is 3. The van der Waals surface area contributed by atoms with E-state index in [1.54, 1.807) is 11.7 Å². The highest BCUT2D eigenvalue weighted by atomic mass is 32.2. The molecule has 0 saturated heterocycles. The average Bonchev–Trinajstić information content (AvgIpc) is 2.47. The topological polar surface area (TPSA) is 67.9 Å². The van der Waals surface area contributed by atoms with Crippen LogP contribution in [0.4, 0.5) is 0 Å². The lowest BCUT2D eigenvalue weighted by atomic mass is 10.3. The van der Waals surface area contributed by atoms with Gasteiger partial charge in [0.2, 0.25) is 0 Å². The molecule has 0 saturated carbocycles. The van der Waals surface area contributed by atoms with Crippen LogP contribution in [0.15, 0.2) is 40.4 Å². The summed E-state index contributed by atoms with van der Waals surface area (Å²) in [6.45, 7) is 0. The standard InChI is InChI=1S/C13H11N3O2S/c1-18-10-5-3-9(4-6-10)16-8-15-12(17)11(7-14)13(16)19-2/h3-6,8H,1-2H3. The van der Waals surface area contributed by atoms with Crippen molar-refractivity contribution in [2.75, 3.05) is 13.4 Å². The van der Waals surface area contributed by atoms with Crippen LogP contribution in [-0.4, -0.2) is 22.9 Å². The normalized spacial score (nSPS) is 9.95. The number of ether oxygens (including phenoxy) is 1. The van der Waals surface area contributed by atoms with Gasteiger partial charge < -0.3 is 4.74 Å². The highest BCUT2D eigenvalue weighted by Crippen LogP contribution is 2.22. The van der Waals surface area contributed by atoms with Crippen LogP contribution in [0, 0.1) is 11.3 Å². The maximum absolute atomic E-state index is 11.5. The SMILES string of the molecule is COc1ccc(-n2cnc(=O)c(C#N)c2SC)cc1. The van der Waals surface area contributed by atoms with E-state index in [1.165, 1.54) is 18.1 Å². The third kappa shape index (κ3) is 2.46. The van der Waals surface area contributed by atoms with Crippen molar-refractivity contribution in [3.05, 3.63) is 46.5 Å². The van der Waals surface area contributed by atoms with Gasteiger partial charge in [-0.15, -0.1) is 11.8 Å². The zero-order valence-corrected chi connectivity index (χ0v) is 11.3. The molecule has 0 radical (unpaired) electrons. The number of benzene rings is 1. The third-order valence-electron chi connectivity index (χ3n) is 2.59. The summed E-state index contributed by atoms with van der Waals surface area (Å²) < 4.78 is 6.81. The first-order chi connectivity index (χ1) is 9.21. The zero-order chi connectivity index (χ0) is 13.8. The van der Waals surface area contributed by atoms with Crippen molar-refractivity contribution in [1.29, 1.82) is 5.26 Å². The van der Waals surface area contributed by atoms with Gasteiger partial charge in [-0.3, -0.25) is 9.36 Å². The van der Waals surface area contributed by atoms with E-state index < -0.39 is 5.56 Å². The Morgan fingerprint density at radius 2 is 2.05 bits per heavy atom. The van der Waals surface area contributed by atoms with Crippen molar-refractivity contribution < 1.29 is 4.74 Å². The van der Waals surface area contributed by atoms with Crippen LogP contribution in [0.2, 0.25) is 0 Å².